The highest BCUT2D eigenvalue weighted by Gasteiger charge is 2.22. The van der Waals surface area contributed by atoms with Crippen LogP contribution in [0.5, 0.6) is 5.75 Å². The third-order valence-corrected chi connectivity index (χ3v) is 4.27. The van der Waals surface area contributed by atoms with Crippen LogP contribution in [0.3, 0.4) is 0 Å². The van der Waals surface area contributed by atoms with E-state index in [1.807, 2.05) is 24.3 Å². The molecule has 1 N–H and O–H groups in total. The van der Waals surface area contributed by atoms with Gasteiger partial charge in [-0.3, -0.25) is 4.79 Å². The van der Waals surface area contributed by atoms with Gasteiger partial charge in [0.25, 0.3) is 0 Å². The van der Waals surface area contributed by atoms with Crippen LogP contribution in [0.4, 0.5) is 0 Å². The number of nitrogens with one attached hydrogen (secondary N) is 1. The second-order valence-corrected chi connectivity index (χ2v) is 6.35. The van der Waals surface area contributed by atoms with Crippen molar-refractivity contribution < 1.29 is 19.1 Å². The van der Waals surface area contributed by atoms with Crippen LogP contribution in [0, 0.1) is 5.92 Å². The zero-order chi connectivity index (χ0) is 18.7. The Morgan fingerprint density at radius 3 is 2.36 bits per heavy atom. The van der Waals surface area contributed by atoms with Gasteiger partial charge < -0.3 is 14.8 Å². The molecule has 0 radical (unpaired) electrons. The smallest absolute Gasteiger partial charge is 0.328 e. The highest BCUT2D eigenvalue weighted by Crippen LogP contribution is 2.15. The summed E-state index contributed by atoms with van der Waals surface area (Å²) in [7, 11) is 1.61. The monoisotopic (exact) mass is 349 g/mol. The lowest BCUT2D eigenvalue weighted by atomic mass is 10.0. The number of ether oxygens (including phenoxy) is 2. The Bertz CT molecular complexity index is 527. The summed E-state index contributed by atoms with van der Waals surface area (Å²) in [4.78, 5) is 23.9. The van der Waals surface area contributed by atoms with E-state index in [2.05, 4.69) is 19.2 Å². The maximum Gasteiger partial charge on any atom is 0.328 e. The SMILES string of the molecule is CCCCC(CC)COC(=O)C(Cc1ccc(OC)cc1)NC(C)=O. The van der Waals surface area contributed by atoms with Gasteiger partial charge in [0.05, 0.1) is 13.7 Å². The van der Waals surface area contributed by atoms with E-state index >= 15 is 0 Å². The van der Waals surface area contributed by atoms with Crippen LogP contribution in [-0.2, 0) is 20.7 Å². The van der Waals surface area contributed by atoms with Crippen molar-refractivity contribution in [2.24, 2.45) is 5.92 Å². The van der Waals surface area contributed by atoms with Gasteiger partial charge in [0.15, 0.2) is 0 Å². The topological polar surface area (TPSA) is 64.6 Å². The van der Waals surface area contributed by atoms with Crippen LogP contribution in [0.15, 0.2) is 24.3 Å². The van der Waals surface area contributed by atoms with E-state index in [4.69, 9.17) is 9.47 Å². The van der Waals surface area contributed by atoms with Gasteiger partial charge in [-0.25, -0.2) is 4.79 Å². The summed E-state index contributed by atoms with van der Waals surface area (Å²) in [6.07, 6.45) is 4.71. The van der Waals surface area contributed by atoms with Gasteiger partial charge in [0.1, 0.15) is 11.8 Å². The highest BCUT2D eigenvalue weighted by atomic mass is 16.5. The summed E-state index contributed by atoms with van der Waals surface area (Å²) in [5, 5.41) is 2.70. The number of rotatable bonds is 11. The van der Waals surface area contributed by atoms with E-state index in [1.165, 1.54) is 6.92 Å². The standard InChI is InChI=1S/C20H31NO4/c1-5-7-8-16(6-2)14-25-20(23)19(21-15(3)22)13-17-9-11-18(24-4)12-10-17/h9-12,16,19H,5-8,13-14H2,1-4H3,(H,21,22). The van der Waals surface area contributed by atoms with Gasteiger partial charge >= 0.3 is 5.97 Å². The Kier molecular flexibility index (Phi) is 9.66. The number of carbonyl (C=O) groups is 2. The molecule has 25 heavy (non-hydrogen) atoms. The summed E-state index contributed by atoms with van der Waals surface area (Å²) in [6.45, 7) is 6.08. The van der Waals surface area contributed by atoms with Crippen molar-refractivity contribution in [1.29, 1.82) is 0 Å². The van der Waals surface area contributed by atoms with Gasteiger partial charge in [-0.05, 0) is 30.0 Å². The molecule has 2 unspecified atom stereocenters. The fourth-order valence-electron chi connectivity index (χ4n) is 2.63. The first kappa shape index (κ1) is 21.0. The molecule has 5 nitrogen and oxygen atoms in total. The predicted molar refractivity (Wildman–Crippen MR) is 98.6 cm³/mol. The fraction of sp³-hybridized carbons (Fsp3) is 0.600. The Morgan fingerprint density at radius 1 is 1.16 bits per heavy atom. The van der Waals surface area contributed by atoms with Gasteiger partial charge in [-0.15, -0.1) is 0 Å². The molecule has 0 saturated heterocycles. The second-order valence-electron chi connectivity index (χ2n) is 6.35. The van der Waals surface area contributed by atoms with E-state index in [9.17, 15) is 9.59 Å². The zero-order valence-corrected chi connectivity index (χ0v) is 15.8. The van der Waals surface area contributed by atoms with Crippen molar-refractivity contribution in [3.05, 3.63) is 29.8 Å². The number of benzene rings is 1. The molecule has 0 aliphatic carbocycles. The van der Waals surface area contributed by atoms with Crippen molar-refractivity contribution in [1.82, 2.24) is 5.32 Å². The number of hydrogen-bond acceptors (Lipinski definition) is 4. The largest absolute Gasteiger partial charge is 0.497 e. The minimum atomic E-state index is -0.672. The molecule has 0 aliphatic rings. The van der Waals surface area contributed by atoms with E-state index in [-0.39, 0.29) is 11.9 Å². The van der Waals surface area contributed by atoms with Crippen LogP contribution < -0.4 is 10.1 Å². The molecule has 1 rings (SSSR count). The third kappa shape index (κ3) is 8.05. The van der Waals surface area contributed by atoms with E-state index in [1.54, 1.807) is 7.11 Å². The molecular formula is C20H31NO4. The summed E-state index contributed by atoms with van der Waals surface area (Å²) in [5.74, 6) is 0.515. The fourth-order valence-corrected chi connectivity index (χ4v) is 2.63. The second kappa shape index (κ2) is 11.5. The van der Waals surface area contributed by atoms with Crippen LogP contribution in [-0.4, -0.2) is 31.6 Å². The van der Waals surface area contributed by atoms with Crippen LogP contribution in [0.2, 0.25) is 0 Å². The Hall–Kier alpha value is -2.04. The summed E-state index contributed by atoms with van der Waals surface area (Å²) in [6, 6.07) is 6.77. The minimum Gasteiger partial charge on any atom is -0.497 e. The van der Waals surface area contributed by atoms with Crippen molar-refractivity contribution >= 4 is 11.9 Å². The van der Waals surface area contributed by atoms with Crippen molar-refractivity contribution in [3.63, 3.8) is 0 Å². The number of methoxy groups -OCH3 is 1. The maximum atomic E-state index is 12.4. The lowest BCUT2D eigenvalue weighted by Gasteiger charge is -2.20. The molecule has 0 fully saturated rings. The normalized spacial score (nSPS) is 13.0. The van der Waals surface area contributed by atoms with Crippen molar-refractivity contribution in [3.8, 4) is 5.75 Å². The molecule has 1 aromatic carbocycles. The lowest BCUT2D eigenvalue weighted by Crippen LogP contribution is -2.42. The first-order valence-electron chi connectivity index (χ1n) is 9.06. The van der Waals surface area contributed by atoms with Crippen LogP contribution in [0.25, 0.3) is 0 Å². The van der Waals surface area contributed by atoms with E-state index in [0.717, 1.165) is 37.0 Å². The molecule has 0 saturated carbocycles. The third-order valence-electron chi connectivity index (χ3n) is 4.27. The summed E-state index contributed by atoms with van der Waals surface area (Å²) in [5.41, 5.74) is 0.939. The molecule has 0 spiro atoms. The van der Waals surface area contributed by atoms with E-state index < -0.39 is 6.04 Å². The summed E-state index contributed by atoms with van der Waals surface area (Å²) < 4.78 is 10.6. The number of carbonyl (C=O) groups excluding carboxylic acids is 2. The molecule has 0 heterocycles. The highest BCUT2D eigenvalue weighted by molar-refractivity contribution is 5.83. The molecular weight excluding hydrogens is 318 g/mol. The lowest BCUT2D eigenvalue weighted by molar-refractivity contribution is -0.149. The molecule has 0 bridgehead atoms. The Labute approximate surface area is 151 Å². The number of esters is 1. The van der Waals surface area contributed by atoms with Gasteiger partial charge in [-0.1, -0.05) is 45.2 Å². The van der Waals surface area contributed by atoms with Crippen LogP contribution in [0.1, 0.15) is 52.0 Å². The predicted octanol–water partition coefficient (Wildman–Crippen LogP) is 3.50. The summed E-state index contributed by atoms with van der Waals surface area (Å²) >= 11 is 0. The Balaban J connectivity index is 2.65. The maximum absolute atomic E-state index is 12.4. The number of hydrogen-bond donors (Lipinski definition) is 1. The Morgan fingerprint density at radius 2 is 1.84 bits per heavy atom. The molecule has 0 aromatic heterocycles. The molecule has 2 atom stereocenters. The van der Waals surface area contributed by atoms with E-state index in [0.29, 0.717) is 18.9 Å². The molecule has 5 heteroatoms. The first-order chi connectivity index (χ1) is 12.0. The van der Waals surface area contributed by atoms with Gasteiger partial charge in [0.2, 0.25) is 5.91 Å². The average Bonchev–Trinajstić information content (AvgIpc) is 2.61. The van der Waals surface area contributed by atoms with Gasteiger partial charge in [-0.2, -0.15) is 0 Å². The first-order valence-corrected chi connectivity index (χ1v) is 9.06. The molecule has 140 valence electrons. The minimum absolute atomic E-state index is 0.242. The molecule has 1 amide bonds. The molecule has 1 aromatic rings. The van der Waals surface area contributed by atoms with Crippen LogP contribution >= 0.6 is 0 Å². The number of amides is 1. The number of unbranched alkanes of at least 4 members (excludes halogenated alkanes) is 1. The average molecular weight is 349 g/mol. The van der Waals surface area contributed by atoms with Crippen molar-refractivity contribution in [2.75, 3.05) is 13.7 Å². The molecule has 0 aliphatic heterocycles. The quantitative estimate of drug-likeness (QED) is 0.621. The van der Waals surface area contributed by atoms with Crippen molar-refractivity contribution in [2.45, 2.75) is 58.9 Å². The van der Waals surface area contributed by atoms with Gasteiger partial charge in [0, 0.05) is 13.3 Å². The zero-order valence-electron chi connectivity index (χ0n) is 15.8.